The van der Waals surface area contributed by atoms with E-state index in [9.17, 15) is 34.2 Å². The molecule has 1 aliphatic carbocycles. The lowest BCUT2D eigenvalue weighted by Crippen LogP contribution is -2.59. The van der Waals surface area contributed by atoms with Gasteiger partial charge in [-0.15, -0.1) is 0 Å². The molecule has 2 saturated heterocycles. The third-order valence-electron chi connectivity index (χ3n) is 15.4. The first kappa shape index (κ1) is 59.0. The van der Waals surface area contributed by atoms with Gasteiger partial charge in [0.05, 0.1) is 18.3 Å². The van der Waals surface area contributed by atoms with Crippen molar-refractivity contribution in [3.8, 4) is 0 Å². The Bertz CT molecular complexity index is 1750. The zero-order valence-corrected chi connectivity index (χ0v) is 43.8. The summed E-state index contributed by atoms with van der Waals surface area (Å²) in [5.41, 5.74) is 1.37. The summed E-state index contributed by atoms with van der Waals surface area (Å²) in [5, 5.41) is 22.8. The minimum atomic E-state index is -2.18. The van der Waals surface area contributed by atoms with Gasteiger partial charge in [0.15, 0.2) is 5.78 Å². The van der Waals surface area contributed by atoms with Crippen LogP contribution in [0.15, 0.2) is 47.6 Å². The summed E-state index contributed by atoms with van der Waals surface area (Å²) in [6.07, 6.45) is 16.5. The third-order valence-corrected chi connectivity index (χ3v) is 15.4. The molecule has 1 amide bonds. The lowest BCUT2D eigenvalue weighted by atomic mass is 9.72. The summed E-state index contributed by atoms with van der Waals surface area (Å²) in [7, 11) is 4.78. The predicted molar refractivity (Wildman–Crippen MR) is 264 cm³/mol. The molecular formula is C55H89NO12. The van der Waals surface area contributed by atoms with E-state index in [1.807, 2.05) is 65.0 Å². The number of nitrogens with zero attached hydrogens (tertiary/aromatic N) is 1. The number of ketones is 3. The van der Waals surface area contributed by atoms with Crippen molar-refractivity contribution in [3.63, 3.8) is 0 Å². The standard InChI is InChI=1S/C55H89NO12/c1-34(2)45-25-23-43(30-49(45)65-12)29-38(6)48(67-33-57)32-46(58)37(5)28-40(8)51(60)52(66-13)50(59)39(7)27-35(3)19-15-14-16-20-36(4)47(64-11)31-44-24-22-41(9)55(63,68-44)53(61)54(62)56-26-18-17-21-42(56)10/h14-16,19-20,28,33-35,37-39,41-45,47-49,51-52,60,63H,17-18,21-27,29-32H2,1-13H3/b16-14+,19-15+,36-20+,40-28+/t35-,37-,38-,39-,41-,42-,43+,44+,45+,47+,48+,49-,51-,52+,55-/m1/s1. The molecule has 2 N–H and O–H groups in total. The molecule has 0 radical (unpaired) electrons. The van der Waals surface area contributed by atoms with Gasteiger partial charge < -0.3 is 38.8 Å². The number of carbonyl (C=O) groups is 5. The number of aliphatic hydroxyl groups is 2. The Morgan fingerprint density at radius 1 is 0.868 bits per heavy atom. The van der Waals surface area contributed by atoms with E-state index < -0.39 is 59.6 Å². The molecule has 0 aromatic rings. The van der Waals surface area contributed by atoms with Crippen molar-refractivity contribution >= 4 is 29.7 Å². The van der Waals surface area contributed by atoms with Crippen molar-refractivity contribution in [3.05, 3.63) is 47.6 Å². The molecule has 0 spiro atoms. The molecule has 0 aromatic heterocycles. The van der Waals surface area contributed by atoms with Crippen LogP contribution in [0, 0.1) is 47.3 Å². The SMILES string of the molecule is CO[C@@H](C[C@@H]1CC[C@@H](C)[C@](O)(C(=O)C(=O)N2CCCC[C@H]2C)O1)/C(C)=C/C=C/C=C/[C@@H](C)C[C@@H](C)C(=O)[C@H](OC)[C@H](O)/C(C)=C/[C@@H](C)C(=O)C[C@H](OC=O)[C@H](C)C[C@@H]1CC[C@@H](C(C)C)[C@H](OC)C1. The molecule has 3 fully saturated rings. The van der Waals surface area contributed by atoms with Crippen molar-refractivity contribution in [2.24, 2.45) is 47.3 Å². The summed E-state index contributed by atoms with van der Waals surface area (Å²) in [5.74, 6) is -4.16. The van der Waals surface area contributed by atoms with Gasteiger partial charge in [-0.25, -0.2) is 0 Å². The molecule has 68 heavy (non-hydrogen) atoms. The fraction of sp³-hybridized carbons (Fsp3) is 0.764. The largest absolute Gasteiger partial charge is 0.464 e. The molecule has 3 aliphatic rings. The number of ether oxygens (including phenoxy) is 5. The maximum atomic E-state index is 13.6. The van der Waals surface area contributed by atoms with Crippen LogP contribution >= 0.6 is 0 Å². The van der Waals surface area contributed by atoms with Crippen LogP contribution in [0.1, 0.15) is 146 Å². The normalized spacial score (nSPS) is 29.0. The van der Waals surface area contributed by atoms with Crippen LogP contribution in [0.5, 0.6) is 0 Å². The zero-order chi connectivity index (χ0) is 50.9. The van der Waals surface area contributed by atoms with Gasteiger partial charge in [0.25, 0.3) is 18.2 Å². The Morgan fingerprint density at radius 2 is 1.57 bits per heavy atom. The number of hydrogen-bond acceptors (Lipinski definition) is 12. The summed E-state index contributed by atoms with van der Waals surface area (Å²) in [4.78, 5) is 66.9. The van der Waals surface area contributed by atoms with Crippen molar-refractivity contribution in [1.29, 1.82) is 0 Å². The summed E-state index contributed by atoms with van der Waals surface area (Å²) in [6.45, 7) is 20.3. The van der Waals surface area contributed by atoms with Crippen LogP contribution in [0.2, 0.25) is 0 Å². The third kappa shape index (κ3) is 16.6. The van der Waals surface area contributed by atoms with E-state index in [0.717, 1.165) is 50.5 Å². The van der Waals surface area contributed by atoms with Crippen LogP contribution in [0.3, 0.4) is 0 Å². The first-order valence-electron chi connectivity index (χ1n) is 25.5. The van der Waals surface area contributed by atoms with Crippen molar-refractivity contribution in [2.45, 2.75) is 195 Å². The molecule has 3 rings (SSSR count). The van der Waals surface area contributed by atoms with Gasteiger partial charge >= 0.3 is 0 Å². The van der Waals surface area contributed by atoms with Crippen LogP contribution in [0.4, 0.5) is 0 Å². The lowest BCUT2D eigenvalue weighted by molar-refractivity contribution is -0.265. The minimum Gasteiger partial charge on any atom is -0.464 e. The Kier molecular flexibility index (Phi) is 24.7. The fourth-order valence-electron chi connectivity index (χ4n) is 10.8. The van der Waals surface area contributed by atoms with Gasteiger partial charge in [0.1, 0.15) is 24.1 Å². The van der Waals surface area contributed by atoms with Crippen LogP contribution in [-0.4, -0.2) is 121 Å². The van der Waals surface area contributed by atoms with E-state index in [0.29, 0.717) is 62.0 Å². The van der Waals surface area contributed by atoms with Gasteiger partial charge in [-0.2, -0.15) is 0 Å². The highest BCUT2D eigenvalue weighted by Gasteiger charge is 2.52. The molecule has 0 aromatic carbocycles. The minimum absolute atomic E-state index is 0.0250. The van der Waals surface area contributed by atoms with Crippen molar-refractivity contribution < 1.29 is 57.9 Å². The molecule has 13 heteroatoms. The second kappa shape index (κ2) is 28.5. The Labute approximate surface area is 408 Å². The highest BCUT2D eigenvalue weighted by Crippen LogP contribution is 2.39. The molecule has 2 heterocycles. The smallest absolute Gasteiger partial charge is 0.296 e. The Morgan fingerprint density at radius 3 is 2.19 bits per heavy atom. The summed E-state index contributed by atoms with van der Waals surface area (Å²) >= 11 is 0. The predicted octanol–water partition coefficient (Wildman–Crippen LogP) is 8.73. The fourth-order valence-corrected chi connectivity index (χ4v) is 10.8. The number of hydrogen-bond donors (Lipinski definition) is 2. The van der Waals surface area contributed by atoms with Crippen LogP contribution < -0.4 is 0 Å². The van der Waals surface area contributed by atoms with Gasteiger partial charge in [-0.05, 0) is 126 Å². The van der Waals surface area contributed by atoms with E-state index in [1.54, 1.807) is 46.0 Å². The number of rotatable bonds is 27. The number of amides is 1. The molecular weight excluding hydrogens is 867 g/mol. The van der Waals surface area contributed by atoms with E-state index in [4.69, 9.17) is 23.7 Å². The van der Waals surface area contributed by atoms with Crippen LogP contribution in [0.25, 0.3) is 0 Å². The Hall–Kier alpha value is -3.33. The molecule has 0 bridgehead atoms. The maximum Gasteiger partial charge on any atom is 0.296 e. The van der Waals surface area contributed by atoms with Gasteiger partial charge in [-0.3, -0.25) is 24.0 Å². The highest BCUT2D eigenvalue weighted by molar-refractivity contribution is 6.38. The number of methoxy groups -OCH3 is 3. The number of likely N-dealkylation sites (tertiary alicyclic amines) is 1. The molecule has 13 nitrogen and oxygen atoms in total. The molecule has 15 atom stereocenters. The number of Topliss-reactive ketones (excluding diaryl/α,β-unsaturated/α-hetero) is 3. The highest BCUT2D eigenvalue weighted by atomic mass is 16.6. The van der Waals surface area contributed by atoms with E-state index >= 15 is 0 Å². The lowest BCUT2D eigenvalue weighted by Gasteiger charge is -2.42. The van der Waals surface area contributed by atoms with E-state index in [-0.39, 0.29) is 48.1 Å². The number of allylic oxidation sites excluding steroid dienone is 6. The topological polar surface area (TPSA) is 175 Å². The van der Waals surface area contributed by atoms with Gasteiger partial charge in [-0.1, -0.05) is 84.9 Å². The molecule has 0 unspecified atom stereocenters. The summed E-state index contributed by atoms with van der Waals surface area (Å²) in [6, 6.07) is -0.0572. The molecule has 2 aliphatic heterocycles. The first-order chi connectivity index (χ1) is 32.1. The van der Waals surface area contributed by atoms with Gasteiger partial charge in [0, 0.05) is 64.5 Å². The average molecular weight is 956 g/mol. The molecule has 1 saturated carbocycles. The number of piperidine rings is 1. The van der Waals surface area contributed by atoms with Gasteiger partial charge in [0.2, 0.25) is 5.79 Å². The number of carbonyl (C=O) groups excluding carboxylic acids is 5. The van der Waals surface area contributed by atoms with E-state index in [1.165, 1.54) is 7.11 Å². The Balaban J connectivity index is 1.52. The quantitative estimate of drug-likeness (QED) is 0.0347. The van der Waals surface area contributed by atoms with Crippen molar-refractivity contribution in [1.82, 2.24) is 4.90 Å². The average Bonchev–Trinajstić information content (AvgIpc) is 3.30. The maximum absolute atomic E-state index is 13.6. The summed E-state index contributed by atoms with van der Waals surface area (Å²) < 4.78 is 28.8. The number of aliphatic hydroxyl groups excluding tert-OH is 1. The zero-order valence-electron chi connectivity index (χ0n) is 43.8. The second-order valence-corrected chi connectivity index (χ2v) is 21.1. The monoisotopic (exact) mass is 956 g/mol. The second-order valence-electron chi connectivity index (χ2n) is 21.1. The van der Waals surface area contributed by atoms with Crippen molar-refractivity contribution in [2.75, 3.05) is 27.9 Å². The molecule has 386 valence electrons. The van der Waals surface area contributed by atoms with Crippen LogP contribution in [-0.2, 0) is 47.7 Å². The van der Waals surface area contributed by atoms with E-state index in [2.05, 4.69) is 13.8 Å². The first-order valence-corrected chi connectivity index (χ1v) is 25.5.